The second-order valence-corrected chi connectivity index (χ2v) is 9.66. The van der Waals surface area contributed by atoms with Crippen molar-refractivity contribution < 1.29 is 19.0 Å². The summed E-state index contributed by atoms with van der Waals surface area (Å²) < 4.78 is 16.8. The Morgan fingerprint density at radius 2 is 1.49 bits per heavy atom. The van der Waals surface area contributed by atoms with E-state index in [0.717, 1.165) is 28.1 Å². The lowest BCUT2D eigenvalue weighted by Gasteiger charge is -2.26. The predicted molar refractivity (Wildman–Crippen MR) is 177 cm³/mol. The number of carbonyl (C=O) groups excluding carboxylic acids is 1. The van der Waals surface area contributed by atoms with Gasteiger partial charge in [-0.3, -0.25) is 4.79 Å². The van der Waals surface area contributed by atoms with Gasteiger partial charge in [-0.1, -0.05) is 66.7 Å². The summed E-state index contributed by atoms with van der Waals surface area (Å²) in [6.07, 6.45) is 7.52. The second-order valence-electron chi connectivity index (χ2n) is 9.66. The van der Waals surface area contributed by atoms with Gasteiger partial charge < -0.3 is 35.5 Å². The molecule has 0 aromatic heterocycles. The van der Waals surface area contributed by atoms with E-state index in [9.17, 15) is 4.79 Å². The number of ether oxygens (including phenoxy) is 3. The number of nitrogens with two attached hydrogens (primary N) is 1. The van der Waals surface area contributed by atoms with Crippen molar-refractivity contribution in [3.8, 4) is 17.2 Å². The summed E-state index contributed by atoms with van der Waals surface area (Å²) in [5.41, 5.74) is 12.1. The second kappa shape index (κ2) is 15.0. The first-order chi connectivity index (χ1) is 20.9. The van der Waals surface area contributed by atoms with Crippen LogP contribution in [0.5, 0.6) is 17.2 Å². The van der Waals surface area contributed by atoms with E-state index in [1.165, 1.54) is 6.08 Å². The Morgan fingerprint density at radius 3 is 2.12 bits per heavy atom. The number of nitrogen functional groups attached to an aromatic ring is 1. The fraction of sp³-hybridized carbons (Fsp3) is 0.171. The third kappa shape index (κ3) is 8.10. The standard InChI is InChI=1S/C35H38N4O4/c1-37-30-13-7-5-10-27(30)11-9-21-39(28-22-32(41-2)35(43-4)33(23-28)42-3)24-26-17-15-25(16-18-26)19-20-34(40)38-31-14-8-6-12-29(31)36/h5-20,22-23,37H,21,24,36H2,1-4H3,(H,38,40)/b11-9+,20-19+. The van der Waals surface area contributed by atoms with Gasteiger partial charge in [-0.25, -0.2) is 0 Å². The average molecular weight is 579 g/mol. The Kier molecular flexibility index (Phi) is 10.7. The third-order valence-electron chi connectivity index (χ3n) is 6.87. The molecular weight excluding hydrogens is 540 g/mol. The highest BCUT2D eigenvalue weighted by atomic mass is 16.5. The maximum absolute atomic E-state index is 12.4. The first-order valence-corrected chi connectivity index (χ1v) is 13.9. The topological polar surface area (TPSA) is 98.1 Å². The van der Waals surface area contributed by atoms with Crippen molar-refractivity contribution in [2.24, 2.45) is 0 Å². The van der Waals surface area contributed by atoms with Crippen LogP contribution in [-0.2, 0) is 11.3 Å². The first-order valence-electron chi connectivity index (χ1n) is 13.9. The molecule has 222 valence electrons. The van der Waals surface area contributed by atoms with E-state index < -0.39 is 0 Å². The van der Waals surface area contributed by atoms with Crippen LogP contribution >= 0.6 is 0 Å². The summed E-state index contributed by atoms with van der Waals surface area (Å²) in [4.78, 5) is 14.6. The number of nitrogens with zero attached hydrogens (tertiary/aromatic N) is 1. The van der Waals surface area contributed by atoms with E-state index in [4.69, 9.17) is 19.9 Å². The molecule has 0 heterocycles. The lowest BCUT2D eigenvalue weighted by atomic mass is 10.1. The summed E-state index contributed by atoms with van der Waals surface area (Å²) in [6, 6.07) is 27.3. The Balaban J connectivity index is 1.55. The van der Waals surface area contributed by atoms with Crippen molar-refractivity contribution in [2.45, 2.75) is 6.54 Å². The summed E-state index contributed by atoms with van der Waals surface area (Å²) in [7, 11) is 6.73. The molecule has 8 nitrogen and oxygen atoms in total. The zero-order valence-corrected chi connectivity index (χ0v) is 25.0. The molecule has 4 aromatic carbocycles. The van der Waals surface area contributed by atoms with Crippen LogP contribution in [0.1, 0.15) is 16.7 Å². The van der Waals surface area contributed by atoms with Gasteiger partial charge in [-0.05, 0) is 41.0 Å². The van der Waals surface area contributed by atoms with Gasteiger partial charge in [-0.15, -0.1) is 0 Å². The molecule has 0 unspecified atom stereocenters. The SMILES string of the molecule is CNc1ccccc1/C=C/CN(Cc1ccc(/C=C/C(=O)Nc2ccccc2N)cc1)c1cc(OC)c(OC)c(OC)c1. The molecule has 0 fully saturated rings. The average Bonchev–Trinajstić information content (AvgIpc) is 3.04. The van der Waals surface area contributed by atoms with Crippen LogP contribution in [0.15, 0.2) is 97.1 Å². The van der Waals surface area contributed by atoms with E-state index in [0.29, 0.717) is 41.7 Å². The lowest BCUT2D eigenvalue weighted by Crippen LogP contribution is -2.23. The van der Waals surface area contributed by atoms with Gasteiger partial charge in [0, 0.05) is 49.7 Å². The van der Waals surface area contributed by atoms with Crippen molar-refractivity contribution in [3.05, 3.63) is 114 Å². The van der Waals surface area contributed by atoms with Crippen LogP contribution in [0, 0.1) is 0 Å². The van der Waals surface area contributed by atoms with Gasteiger partial charge in [0.15, 0.2) is 11.5 Å². The van der Waals surface area contributed by atoms with Crippen LogP contribution < -0.4 is 35.5 Å². The number of hydrogen-bond donors (Lipinski definition) is 3. The zero-order chi connectivity index (χ0) is 30.6. The molecular formula is C35H38N4O4. The van der Waals surface area contributed by atoms with Gasteiger partial charge in [0.1, 0.15) is 0 Å². The fourth-order valence-electron chi connectivity index (χ4n) is 4.60. The normalized spacial score (nSPS) is 11.0. The van der Waals surface area contributed by atoms with E-state index in [2.05, 4.69) is 45.9 Å². The molecule has 0 aliphatic carbocycles. The fourth-order valence-corrected chi connectivity index (χ4v) is 4.60. The Labute approximate surface area is 253 Å². The largest absolute Gasteiger partial charge is 0.493 e. The summed E-state index contributed by atoms with van der Waals surface area (Å²) >= 11 is 0. The molecule has 0 saturated heterocycles. The van der Waals surface area contributed by atoms with Crippen LogP contribution in [0.4, 0.5) is 22.7 Å². The Morgan fingerprint density at radius 1 is 0.837 bits per heavy atom. The number of rotatable bonds is 13. The molecule has 4 aromatic rings. The highest BCUT2D eigenvalue weighted by Crippen LogP contribution is 2.41. The van der Waals surface area contributed by atoms with Crippen LogP contribution in [0.3, 0.4) is 0 Å². The van der Waals surface area contributed by atoms with Gasteiger partial charge in [-0.2, -0.15) is 0 Å². The molecule has 0 atom stereocenters. The molecule has 0 aliphatic rings. The number of anilines is 4. The number of para-hydroxylation sites is 3. The Bertz CT molecular complexity index is 1560. The minimum Gasteiger partial charge on any atom is -0.493 e. The monoisotopic (exact) mass is 578 g/mol. The van der Waals surface area contributed by atoms with Crippen molar-refractivity contribution in [1.29, 1.82) is 0 Å². The zero-order valence-electron chi connectivity index (χ0n) is 25.0. The lowest BCUT2D eigenvalue weighted by molar-refractivity contribution is -0.111. The van der Waals surface area contributed by atoms with Crippen LogP contribution in [0.25, 0.3) is 12.2 Å². The van der Waals surface area contributed by atoms with Gasteiger partial charge in [0.25, 0.3) is 0 Å². The molecule has 0 spiro atoms. The molecule has 4 rings (SSSR count). The van der Waals surface area contributed by atoms with Gasteiger partial charge in [0.05, 0.1) is 32.7 Å². The van der Waals surface area contributed by atoms with E-state index in [-0.39, 0.29) is 5.91 Å². The maximum Gasteiger partial charge on any atom is 0.248 e. The Hall–Kier alpha value is -5.37. The molecule has 4 N–H and O–H groups in total. The minimum atomic E-state index is -0.248. The summed E-state index contributed by atoms with van der Waals surface area (Å²) in [5.74, 6) is 1.47. The number of methoxy groups -OCH3 is 3. The third-order valence-corrected chi connectivity index (χ3v) is 6.87. The molecule has 1 amide bonds. The van der Waals surface area contributed by atoms with Crippen molar-refractivity contribution in [3.63, 3.8) is 0 Å². The van der Waals surface area contributed by atoms with Gasteiger partial charge >= 0.3 is 0 Å². The first kappa shape index (κ1) is 30.6. The molecule has 8 heteroatoms. The number of amides is 1. The van der Waals surface area contributed by atoms with E-state index in [1.54, 1.807) is 39.5 Å². The van der Waals surface area contributed by atoms with E-state index in [1.807, 2.05) is 61.6 Å². The molecule has 0 radical (unpaired) electrons. The van der Waals surface area contributed by atoms with Crippen LogP contribution in [0.2, 0.25) is 0 Å². The number of carbonyl (C=O) groups is 1. The molecule has 0 bridgehead atoms. The van der Waals surface area contributed by atoms with E-state index >= 15 is 0 Å². The quantitative estimate of drug-likeness (QED) is 0.120. The molecule has 0 aliphatic heterocycles. The number of nitrogens with one attached hydrogen (secondary N) is 2. The maximum atomic E-state index is 12.4. The molecule has 43 heavy (non-hydrogen) atoms. The highest BCUT2D eigenvalue weighted by Gasteiger charge is 2.17. The number of benzene rings is 4. The van der Waals surface area contributed by atoms with Crippen molar-refractivity contribution in [2.75, 3.05) is 56.2 Å². The highest BCUT2D eigenvalue weighted by molar-refractivity contribution is 6.03. The minimum absolute atomic E-state index is 0.248. The molecule has 0 saturated carbocycles. The van der Waals surface area contributed by atoms with Crippen molar-refractivity contribution >= 4 is 40.8 Å². The van der Waals surface area contributed by atoms with Crippen LogP contribution in [-0.4, -0.2) is 40.8 Å². The summed E-state index contributed by atoms with van der Waals surface area (Å²) in [6.45, 7) is 1.25. The smallest absolute Gasteiger partial charge is 0.248 e. The predicted octanol–water partition coefficient (Wildman–Crippen LogP) is 6.71. The number of hydrogen-bond acceptors (Lipinski definition) is 7. The summed E-state index contributed by atoms with van der Waals surface area (Å²) in [5, 5.41) is 6.04. The van der Waals surface area contributed by atoms with Gasteiger partial charge in [0.2, 0.25) is 11.7 Å². The van der Waals surface area contributed by atoms with Crippen molar-refractivity contribution in [1.82, 2.24) is 0 Å².